The molecule has 2 aromatic rings. The molecule has 1 aromatic heterocycles. The summed E-state index contributed by atoms with van der Waals surface area (Å²) in [6, 6.07) is 4.38. The van der Waals surface area contributed by atoms with Gasteiger partial charge in [0.2, 0.25) is 0 Å². The number of hydrogen-bond acceptors (Lipinski definition) is 5. The molecule has 0 radical (unpaired) electrons. The third-order valence-electron chi connectivity index (χ3n) is 6.14. The first kappa shape index (κ1) is 19.5. The molecular weight excluding hydrogens is 374 g/mol. The summed E-state index contributed by atoms with van der Waals surface area (Å²) in [4.78, 5) is 12.2. The van der Waals surface area contributed by atoms with Crippen LogP contribution in [-0.2, 0) is 10.2 Å². The molecular formula is C20H29N5O2S. The van der Waals surface area contributed by atoms with Gasteiger partial charge in [0.25, 0.3) is 10.2 Å². The van der Waals surface area contributed by atoms with Gasteiger partial charge >= 0.3 is 0 Å². The number of benzene rings is 1. The third kappa shape index (κ3) is 4.14. The summed E-state index contributed by atoms with van der Waals surface area (Å²) < 4.78 is 24.4. The van der Waals surface area contributed by atoms with E-state index in [9.17, 15) is 8.42 Å². The highest BCUT2D eigenvalue weighted by Gasteiger charge is 2.30. The van der Waals surface area contributed by atoms with Crippen LogP contribution in [0.1, 0.15) is 55.0 Å². The fraction of sp³-hybridized carbons (Fsp3) is 0.600. The van der Waals surface area contributed by atoms with Crippen molar-refractivity contribution in [2.24, 2.45) is 11.1 Å². The van der Waals surface area contributed by atoms with Crippen LogP contribution in [0.15, 0.2) is 12.1 Å². The Labute approximate surface area is 166 Å². The first-order chi connectivity index (χ1) is 13.3. The summed E-state index contributed by atoms with van der Waals surface area (Å²) in [6.45, 7) is 6.41. The van der Waals surface area contributed by atoms with Gasteiger partial charge < -0.3 is 4.90 Å². The van der Waals surface area contributed by atoms with E-state index < -0.39 is 10.2 Å². The van der Waals surface area contributed by atoms with Gasteiger partial charge in [-0.25, -0.2) is 19.8 Å². The van der Waals surface area contributed by atoms with Gasteiger partial charge in [-0.05, 0) is 62.3 Å². The summed E-state index contributed by atoms with van der Waals surface area (Å²) in [5.74, 6) is 2.94. The molecule has 0 bridgehead atoms. The maximum Gasteiger partial charge on any atom is 0.274 e. The molecule has 28 heavy (non-hydrogen) atoms. The van der Waals surface area contributed by atoms with Gasteiger partial charge in [-0.1, -0.05) is 12.8 Å². The molecule has 152 valence electrons. The molecule has 0 unspecified atom stereocenters. The van der Waals surface area contributed by atoms with E-state index in [4.69, 9.17) is 15.1 Å². The van der Waals surface area contributed by atoms with Gasteiger partial charge in [0.1, 0.15) is 11.6 Å². The predicted molar refractivity (Wildman–Crippen MR) is 112 cm³/mol. The molecule has 1 aromatic carbocycles. The molecule has 1 saturated carbocycles. The number of fused-ring (bicyclic) bond motifs is 1. The molecule has 7 nitrogen and oxygen atoms in total. The van der Waals surface area contributed by atoms with Crippen LogP contribution in [0, 0.1) is 19.8 Å². The number of nitrogens with one attached hydrogen (secondary N) is 1. The van der Waals surface area contributed by atoms with Crippen LogP contribution in [0.5, 0.6) is 0 Å². The number of anilines is 1. The molecule has 2 heterocycles. The minimum absolute atomic E-state index is 0.382. The highest BCUT2D eigenvalue weighted by Crippen LogP contribution is 2.37. The van der Waals surface area contributed by atoms with Crippen molar-refractivity contribution in [2.75, 3.05) is 24.5 Å². The predicted octanol–water partition coefficient (Wildman–Crippen LogP) is 2.52. The zero-order valence-corrected chi connectivity index (χ0v) is 17.4. The Morgan fingerprint density at radius 2 is 1.82 bits per heavy atom. The second kappa shape index (κ2) is 7.57. The van der Waals surface area contributed by atoms with Crippen molar-refractivity contribution in [2.45, 2.75) is 51.9 Å². The van der Waals surface area contributed by atoms with E-state index in [0.717, 1.165) is 42.1 Å². The van der Waals surface area contributed by atoms with Crippen molar-refractivity contribution in [3.8, 4) is 0 Å². The molecule has 1 aliphatic heterocycles. The lowest BCUT2D eigenvalue weighted by molar-refractivity contribution is 0.382. The quantitative estimate of drug-likeness (QED) is 0.772. The lowest BCUT2D eigenvalue weighted by Crippen LogP contribution is -2.48. The molecule has 4 rings (SSSR count). The summed E-state index contributed by atoms with van der Waals surface area (Å²) in [6.07, 6.45) is 5.66. The lowest BCUT2D eigenvalue weighted by Gasteiger charge is -2.41. The molecule has 0 amide bonds. The minimum Gasteiger partial charge on any atom is -0.355 e. The van der Waals surface area contributed by atoms with Gasteiger partial charge in [-0.2, -0.15) is 8.42 Å². The van der Waals surface area contributed by atoms with Gasteiger partial charge in [-0.15, -0.1) is 0 Å². The second-order valence-electron chi connectivity index (χ2n) is 8.34. The van der Waals surface area contributed by atoms with Crippen molar-refractivity contribution in [1.29, 1.82) is 0 Å². The number of nitrogens with zero attached hydrogens (tertiary/aromatic N) is 3. The lowest BCUT2D eigenvalue weighted by atomic mass is 9.95. The summed E-state index contributed by atoms with van der Waals surface area (Å²) >= 11 is 0. The van der Waals surface area contributed by atoms with E-state index in [2.05, 4.69) is 35.6 Å². The first-order valence-corrected chi connectivity index (χ1v) is 11.7. The summed E-state index contributed by atoms with van der Waals surface area (Å²) in [5, 5.41) is 6.11. The van der Waals surface area contributed by atoms with Crippen molar-refractivity contribution in [3.05, 3.63) is 29.1 Å². The molecule has 8 heteroatoms. The van der Waals surface area contributed by atoms with Crippen LogP contribution < -0.4 is 14.8 Å². The van der Waals surface area contributed by atoms with Crippen LogP contribution in [0.2, 0.25) is 0 Å². The number of hydrogen-bond donors (Lipinski definition) is 2. The Hall–Kier alpha value is -1.77. The average molecular weight is 404 g/mol. The second-order valence-corrected chi connectivity index (χ2v) is 9.72. The average Bonchev–Trinajstić information content (AvgIpc) is 3.11. The summed E-state index contributed by atoms with van der Waals surface area (Å²) in [7, 11) is -3.61. The Morgan fingerprint density at radius 3 is 2.50 bits per heavy atom. The van der Waals surface area contributed by atoms with Crippen LogP contribution in [0.3, 0.4) is 0 Å². The van der Waals surface area contributed by atoms with Gasteiger partial charge in [0, 0.05) is 30.9 Å². The van der Waals surface area contributed by atoms with E-state index in [0.29, 0.717) is 18.4 Å². The Kier molecular flexibility index (Phi) is 5.28. The van der Waals surface area contributed by atoms with E-state index in [1.807, 2.05) is 0 Å². The van der Waals surface area contributed by atoms with E-state index >= 15 is 0 Å². The van der Waals surface area contributed by atoms with Gasteiger partial charge in [0.15, 0.2) is 0 Å². The van der Waals surface area contributed by atoms with Crippen LogP contribution in [-0.4, -0.2) is 38.0 Å². The van der Waals surface area contributed by atoms with E-state index in [1.165, 1.54) is 36.8 Å². The SMILES string of the molecule is Cc1cc2nc(C3CCCC3)nc(N3CC(CCNS(N)(=O)=O)C3)c2cc1C. The highest BCUT2D eigenvalue weighted by molar-refractivity contribution is 7.87. The fourth-order valence-electron chi connectivity index (χ4n) is 4.33. The van der Waals surface area contributed by atoms with E-state index in [1.54, 1.807) is 0 Å². The molecule has 2 fully saturated rings. The zero-order chi connectivity index (χ0) is 19.9. The van der Waals surface area contributed by atoms with Gasteiger partial charge in [-0.3, -0.25) is 0 Å². The van der Waals surface area contributed by atoms with Crippen molar-refractivity contribution in [3.63, 3.8) is 0 Å². The Bertz CT molecular complexity index is 980. The highest BCUT2D eigenvalue weighted by atomic mass is 32.2. The zero-order valence-electron chi connectivity index (χ0n) is 16.6. The molecule has 3 N–H and O–H groups in total. The minimum atomic E-state index is -3.61. The first-order valence-electron chi connectivity index (χ1n) is 10.1. The number of nitrogens with two attached hydrogens (primary N) is 1. The third-order valence-corrected chi connectivity index (χ3v) is 6.75. The van der Waals surface area contributed by atoms with Crippen molar-refractivity contribution >= 4 is 26.9 Å². The molecule has 0 spiro atoms. The summed E-state index contributed by atoms with van der Waals surface area (Å²) in [5.41, 5.74) is 3.54. The number of rotatable bonds is 6. The topological polar surface area (TPSA) is 101 Å². The molecule has 0 atom stereocenters. The Morgan fingerprint density at radius 1 is 1.14 bits per heavy atom. The normalized spacial score (nSPS) is 18.8. The Balaban J connectivity index is 1.56. The van der Waals surface area contributed by atoms with Crippen molar-refractivity contribution < 1.29 is 8.42 Å². The van der Waals surface area contributed by atoms with Crippen molar-refractivity contribution in [1.82, 2.24) is 14.7 Å². The smallest absolute Gasteiger partial charge is 0.274 e. The fourth-order valence-corrected chi connectivity index (χ4v) is 4.73. The van der Waals surface area contributed by atoms with Crippen LogP contribution in [0.4, 0.5) is 5.82 Å². The van der Waals surface area contributed by atoms with E-state index in [-0.39, 0.29) is 0 Å². The maximum absolute atomic E-state index is 11.0. The maximum atomic E-state index is 11.0. The molecule has 1 aliphatic carbocycles. The van der Waals surface area contributed by atoms with Gasteiger partial charge in [0.05, 0.1) is 5.52 Å². The molecule has 2 aliphatic rings. The molecule has 1 saturated heterocycles. The van der Waals surface area contributed by atoms with Crippen LogP contribution in [0.25, 0.3) is 10.9 Å². The monoisotopic (exact) mass is 403 g/mol. The number of aromatic nitrogens is 2. The standard InChI is InChI=1S/C20H29N5O2S/c1-13-9-17-18(10-14(13)2)23-19(16-5-3-4-6-16)24-20(17)25-11-15(12-25)7-8-22-28(21,26)27/h9-10,15-16,22H,3-8,11-12H2,1-2H3,(H2,21,26,27). The number of aryl methyl sites for hydroxylation is 2. The largest absolute Gasteiger partial charge is 0.355 e. The van der Waals surface area contributed by atoms with Crippen LogP contribution >= 0.6 is 0 Å².